The van der Waals surface area contributed by atoms with Crippen LogP contribution in [0.4, 0.5) is 0 Å². The maximum absolute atomic E-state index is 5.97. The minimum atomic E-state index is 0.136. The molecule has 2 N–H and O–H groups in total. The second kappa shape index (κ2) is 5.13. The molecule has 1 aliphatic carbocycles. The van der Waals surface area contributed by atoms with Gasteiger partial charge in [-0.15, -0.1) is 0 Å². The fourth-order valence-electron chi connectivity index (χ4n) is 1.92. The maximum Gasteiger partial charge on any atom is 0.0600 e. The Kier molecular flexibility index (Phi) is 4.39. The van der Waals surface area contributed by atoms with Gasteiger partial charge in [-0.1, -0.05) is 33.6 Å². The van der Waals surface area contributed by atoms with Crippen LogP contribution in [-0.4, -0.2) is 19.3 Å². The van der Waals surface area contributed by atoms with Gasteiger partial charge in [-0.25, -0.2) is 0 Å². The van der Waals surface area contributed by atoms with Crippen LogP contribution in [0, 0.1) is 11.3 Å². The summed E-state index contributed by atoms with van der Waals surface area (Å²) in [5.74, 6) is 0.734. The van der Waals surface area contributed by atoms with Gasteiger partial charge in [0.2, 0.25) is 0 Å². The van der Waals surface area contributed by atoms with Crippen molar-refractivity contribution in [3.05, 3.63) is 0 Å². The van der Waals surface area contributed by atoms with E-state index in [0.29, 0.717) is 12.6 Å². The van der Waals surface area contributed by atoms with E-state index in [1.54, 1.807) is 0 Å². The molecule has 2 nitrogen and oxygen atoms in total. The molecule has 0 aromatic rings. The van der Waals surface area contributed by atoms with E-state index < -0.39 is 0 Å². The van der Waals surface area contributed by atoms with Crippen molar-refractivity contribution in [3.8, 4) is 0 Å². The summed E-state index contributed by atoms with van der Waals surface area (Å²) in [6.45, 7) is 8.15. The van der Waals surface area contributed by atoms with Crippen LogP contribution < -0.4 is 5.73 Å². The van der Waals surface area contributed by atoms with E-state index in [0.717, 1.165) is 12.5 Å². The quantitative estimate of drug-likeness (QED) is 0.755. The van der Waals surface area contributed by atoms with E-state index in [4.69, 9.17) is 10.5 Å². The molecule has 1 aliphatic rings. The Labute approximate surface area is 88.2 Å². The molecule has 0 radical (unpaired) electrons. The highest BCUT2D eigenvalue weighted by molar-refractivity contribution is 4.75. The standard InChI is InChI=1S/C12H25NO/c1-10-6-4-5-7-11(10)14-9-12(2,3)8-13/h10-11H,4-9,13H2,1-3H3. The molecule has 1 fully saturated rings. The van der Waals surface area contributed by atoms with Crippen molar-refractivity contribution in [1.29, 1.82) is 0 Å². The van der Waals surface area contributed by atoms with Crippen molar-refractivity contribution in [2.45, 2.75) is 52.6 Å². The molecule has 0 heterocycles. The lowest BCUT2D eigenvalue weighted by Crippen LogP contribution is -2.34. The second-order valence-electron chi connectivity index (χ2n) is 5.48. The summed E-state index contributed by atoms with van der Waals surface area (Å²) in [5, 5.41) is 0. The zero-order valence-corrected chi connectivity index (χ0v) is 9.88. The maximum atomic E-state index is 5.97. The summed E-state index contributed by atoms with van der Waals surface area (Å²) in [4.78, 5) is 0. The molecule has 2 unspecified atom stereocenters. The molecule has 0 aromatic carbocycles. The summed E-state index contributed by atoms with van der Waals surface area (Å²) in [7, 11) is 0. The van der Waals surface area contributed by atoms with Crippen LogP contribution in [0.1, 0.15) is 46.5 Å². The number of ether oxygens (including phenoxy) is 1. The third-order valence-electron chi connectivity index (χ3n) is 3.27. The van der Waals surface area contributed by atoms with Crippen LogP contribution in [0.25, 0.3) is 0 Å². The number of hydrogen-bond acceptors (Lipinski definition) is 2. The molecule has 0 spiro atoms. The van der Waals surface area contributed by atoms with E-state index in [1.807, 2.05) is 0 Å². The molecule has 2 atom stereocenters. The van der Waals surface area contributed by atoms with Gasteiger partial charge in [-0.05, 0) is 25.3 Å². The lowest BCUT2D eigenvalue weighted by molar-refractivity contribution is -0.0382. The van der Waals surface area contributed by atoms with E-state index in [-0.39, 0.29) is 5.41 Å². The molecule has 14 heavy (non-hydrogen) atoms. The first-order valence-electron chi connectivity index (χ1n) is 5.87. The van der Waals surface area contributed by atoms with E-state index >= 15 is 0 Å². The molecule has 1 rings (SSSR count). The van der Waals surface area contributed by atoms with Crippen molar-refractivity contribution in [1.82, 2.24) is 0 Å². The van der Waals surface area contributed by atoms with Crippen LogP contribution >= 0.6 is 0 Å². The van der Waals surface area contributed by atoms with E-state index in [2.05, 4.69) is 20.8 Å². The first-order valence-corrected chi connectivity index (χ1v) is 5.87. The van der Waals surface area contributed by atoms with Gasteiger partial charge in [-0.3, -0.25) is 0 Å². The van der Waals surface area contributed by atoms with E-state index in [9.17, 15) is 0 Å². The van der Waals surface area contributed by atoms with Crippen LogP contribution in [0.3, 0.4) is 0 Å². The number of rotatable bonds is 4. The molecular formula is C12H25NO. The molecule has 1 saturated carbocycles. The molecule has 0 saturated heterocycles. The molecule has 0 aliphatic heterocycles. The Hall–Kier alpha value is -0.0800. The van der Waals surface area contributed by atoms with Crippen LogP contribution in [-0.2, 0) is 4.74 Å². The van der Waals surface area contributed by atoms with Crippen molar-refractivity contribution >= 4 is 0 Å². The Morgan fingerprint density at radius 1 is 1.29 bits per heavy atom. The van der Waals surface area contributed by atoms with E-state index in [1.165, 1.54) is 25.7 Å². The molecular weight excluding hydrogens is 174 g/mol. The Balaban J connectivity index is 2.29. The first-order chi connectivity index (χ1) is 6.55. The van der Waals surface area contributed by atoms with Crippen LogP contribution in [0.5, 0.6) is 0 Å². The normalized spacial score (nSPS) is 29.1. The summed E-state index contributed by atoms with van der Waals surface area (Å²) in [5.41, 5.74) is 5.81. The highest BCUT2D eigenvalue weighted by Crippen LogP contribution is 2.27. The molecule has 2 heteroatoms. The molecule has 84 valence electrons. The Bertz CT molecular complexity index is 168. The Morgan fingerprint density at radius 2 is 1.93 bits per heavy atom. The lowest BCUT2D eigenvalue weighted by Gasteiger charge is -2.32. The fourth-order valence-corrected chi connectivity index (χ4v) is 1.92. The van der Waals surface area contributed by atoms with Gasteiger partial charge in [0.05, 0.1) is 12.7 Å². The summed E-state index contributed by atoms with van der Waals surface area (Å²) >= 11 is 0. The van der Waals surface area contributed by atoms with Crippen LogP contribution in [0.15, 0.2) is 0 Å². The van der Waals surface area contributed by atoms with Gasteiger partial charge in [0, 0.05) is 5.41 Å². The minimum absolute atomic E-state index is 0.136. The molecule has 0 amide bonds. The first kappa shape index (κ1) is 12.0. The smallest absolute Gasteiger partial charge is 0.0600 e. The van der Waals surface area contributed by atoms with Gasteiger partial charge in [0.1, 0.15) is 0 Å². The zero-order chi connectivity index (χ0) is 10.6. The SMILES string of the molecule is CC1CCCCC1OCC(C)(C)CN. The largest absolute Gasteiger partial charge is 0.377 e. The van der Waals surface area contributed by atoms with Gasteiger partial charge in [0.15, 0.2) is 0 Å². The second-order valence-corrected chi connectivity index (χ2v) is 5.48. The Morgan fingerprint density at radius 3 is 2.50 bits per heavy atom. The number of hydrogen-bond donors (Lipinski definition) is 1. The summed E-state index contributed by atoms with van der Waals surface area (Å²) < 4.78 is 5.97. The predicted molar refractivity (Wildman–Crippen MR) is 60.2 cm³/mol. The highest BCUT2D eigenvalue weighted by atomic mass is 16.5. The average Bonchev–Trinajstić information content (AvgIpc) is 2.17. The molecule has 0 bridgehead atoms. The minimum Gasteiger partial charge on any atom is -0.377 e. The third kappa shape index (κ3) is 3.58. The third-order valence-corrected chi connectivity index (χ3v) is 3.27. The van der Waals surface area contributed by atoms with Crippen molar-refractivity contribution in [2.24, 2.45) is 17.1 Å². The zero-order valence-electron chi connectivity index (χ0n) is 9.88. The summed E-state index contributed by atoms with van der Waals surface area (Å²) in [6.07, 6.45) is 5.75. The van der Waals surface area contributed by atoms with Crippen molar-refractivity contribution in [3.63, 3.8) is 0 Å². The summed E-state index contributed by atoms with van der Waals surface area (Å²) in [6, 6.07) is 0. The highest BCUT2D eigenvalue weighted by Gasteiger charge is 2.24. The average molecular weight is 199 g/mol. The van der Waals surface area contributed by atoms with Gasteiger partial charge >= 0.3 is 0 Å². The lowest BCUT2D eigenvalue weighted by atomic mass is 9.87. The number of nitrogens with two attached hydrogens (primary N) is 1. The van der Waals surface area contributed by atoms with Crippen LogP contribution in [0.2, 0.25) is 0 Å². The van der Waals surface area contributed by atoms with Crippen molar-refractivity contribution < 1.29 is 4.74 Å². The van der Waals surface area contributed by atoms with Gasteiger partial charge in [0.25, 0.3) is 0 Å². The van der Waals surface area contributed by atoms with Gasteiger partial charge in [-0.2, -0.15) is 0 Å². The van der Waals surface area contributed by atoms with Crippen molar-refractivity contribution in [2.75, 3.05) is 13.2 Å². The molecule has 0 aromatic heterocycles. The van der Waals surface area contributed by atoms with Gasteiger partial charge < -0.3 is 10.5 Å². The predicted octanol–water partition coefficient (Wildman–Crippen LogP) is 2.57. The fraction of sp³-hybridized carbons (Fsp3) is 1.00. The monoisotopic (exact) mass is 199 g/mol. The topological polar surface area (TPSA) is 35.2 Å².